The van der Waals surface area contributed by atoms with Crippen molar-refractivity contribution in [2.24, 2.45) is 0 Å². The van der Waals surface area contributed by atoms with Crippen LogP contribution < -0.4 is 0 Å². The summed E-state index contributed by atoms with van der Waals surface area (Å²) in [5.74, 6) is 0. The lowest BCUT2D eigenvalue weighted by atomic mass is 9.69. The Bertz CT molecular complexity index is 5780. The lowest BCUT2D eigenvalue weighted by Crippen LogP contribution is -2.16. The summed E-state index contributed by atoms with van der Waals surface area (Å²) in [6, 6.07) is 145. The van der Waals surface area contributed by atoms with Crippen LogP contribution in [0.1, 0.15) is 22.3 Å². The van der Waals surface area contributed by atoms with Crippen LogP contribution >= 0.6 is 0 Å². The highest BCUT2D eigenvalue weighted by atomic mass is 14.4. The quantitative estimate of drug-likeness (QED) is 0.107. The van der Waals surface area contributed by atoms with Gasteiger partial charge in [-0.3, -0.25) is 0 Å². The molecule has 476 valence electrons. The number of hydrogen-bond acceptors (Lipinski definition) is 0. The predicted octanol–water partition coefficient (Wildman–Crippen LogP) is 27.8. The zero-order chi connectivity index (χ0) is 67.5. The maximum atomic E-state index is 2.64. The van der Waals surface area contributed by atoms with Gasteiger partial charge in [0, 0.05) is 0 Å². The number of hydrogen-bond donors (Lipinski definition) is 0. The Labute approximate surface area is 596 Å². The van der Waals surface area contributed by atoms with Crippen molar-refractivity contribution in [3.8, 4) is 134 Å². The third-order valence-corrected chi connectivity index (χ3v) is 21.4. The van der Waals surface area contributed by atoms with Gasteiger partial charge in [0.25, 0.3) is 0 Å². The van der Waals surface area contributed by atoms with E-state index in [2.05, 4.69) is 388 Å². The number of fused-ring (bicyclic) bond motifs is 6. The molecule has 0 saturated heterocycles. The number of rotatable bonds is 12. The van der Waals surface area contributed by atoms with Crippen LogP contribution in [0.25, 0.3) is 177 Å². The molecule has 0 spiro atoms. The summed E-state index contributed by atoms with van der Waals surface area (Å²) in [5.41, 5.74) is 34.6. The van der Waals surface area contributed by atoms with Crippen LogP contribution in [-0.4, -0.2) is 0 Å². The van der Waals surface area contributed by atoms with E-state index in [0.29, 0.717) is 12.8 Å². The fraction of sp³-hybridized carbons (Fsp3) is 0.0196. The van der Waals surface area contributed by atoms with Crippen molar-refractivity contribution in [1.29, 1.82) is 0 Å². The Morgan fingerprint density at radius 2 is 0.235 bits per heavy atom. The average Bonchev–Trinajstić information content (AvgIpc) is 0.696. The van der Waals surface area contributed by atoms with Gasteiger partial charge in [-0.05, 0) is 236 Å². The second-order valence-corrected chi connectivity index (χ2v) is 27.0. The Hall–Kier alpha value is -13.0. The van der Waals surface area contributed by atoms with Crippen LogP contribution in [0.3, 0.4) is 0 Å². The summed E-state index contributed by atoms with van der Waals surface area (Å²) in [6.07, 6.45) is 1.40. The molecule has 1 aliphatic rings. The van der Waals surface area contributed by atoms with Crippen molar-refractivity contribution in [3.63, 3.8) is 0 Å². The van der Waals surface area contributed by atoms with Crippen LogP contribution in [0.4, 0.5) is 0 Å². The maximum Gasteiger partial charge on any atom is -0.000684 e. The van der Waals surface area contributed by atoms with E-state index in [-0.39, 0.29) is 0 Å². The zero-order valence-electron chi connectivity index (χ0n) is 56.4. The largest absolute Gasteiger partial charge is 0.0622 e. The van der Waals surface area contributed by atoms with Crippen molar-refractivity contribution >= 4 is 43.1 Å². The third kappa shape index (κ3) is 10.2. The summed E-state index contributed by atoms with van der Waals surface area (Å²) in [7, 11) is 0. The Balaban J connectivity index is 1.03. The van der Waals surface area contributed by atoms with Crippen molar-refractivity contribution in [3.05, 3.63) is 411 Å². The van der Waals surface area contributed by atoms with Crippen molar-refractivity contribution < 1.29 is 0 Å². The lowest BCUT2D eigenvalue weighted by Gasteiger charge is -2.34. The van der Waals surface area contributed by atoms with Gasteiger partial charge in [0.15, 0.2) is 0 Å². The molecule has 0 nitrogen and oxygen atoms in total. The van der Waals surface area contributed by atoms with E-state index >= 15 is 0 Å². The monoisotopic (exact) mass is 1290 g/mol. The first-order valence-corrected chi connectivity index (χ1v) is 35.7. The lowest BCUT2D eigenvalue weighted by molar-refractivity contribution is 1.02. The number of benzene rings is 18. The van der Waals surface area contributed by atoms with Gasteiger partial charge in [-0.2, -0.15) is 0 Å². The van der Waals surface area contributed by atoms with Gasteiger partial charge in [-0.1, -0.05) is 364 Å². The van der Waals surface area contributed by atoms with Crippen LogP contribution in [0.15, 0.2) is 388 Å². The first kappa shape index (κ1) is 60.2. The molecule has 102 heavy (non-hydrogen) atoms. The van der Waals surface area contributed by atoms with E-state index < -0.39 is 0 Å². The molecule has 18 aromatic carbocycles. The second kappa shape index (κ2) is 25.7. The molecule has 0 unspecified atom stereocenters. The van der Waals surface area contributed by atoms with Crippen LogP contribution in [0, 0.1) is 0 Å². The van der Waals surface area contributed by atoms with Gasteiger partial charge in [-0.15, -0.1) is 0 Å². The van der Waals surface area contributed by atoms with Crippen molar-refractivity contribution in [2.75, 3.05) is 0 Å². The Morgan fingerprint density at radius 1 is 0.108 bits per heavy atom. The van der Waals surface area contributed by atoms with Crippen molar-refractivity contribution in [2.45, 2.75) is 12.8 Å². The molecule has 0 fully saturated rings. The molecule has 0 bridgehead atoms. The average molecular weight is 1290 g/mol. The van der Waals surface area contributed by atoms with E-state index in [1.165, 1.54) is 199 Å². The first-order chi connectivity index (χ1) is 50.7. The predicted molar refractivity (Wildman–Crippen MR) is 434 cm³/mol. The van der Waals surface area contributed by atoms with Gasteiger partial charge in [-0.25, -0.2) is 0 Å². The van der Waals surface area contributed by atoms with Gasteiger partial charge < -0.3 is 0 Å². The van der Waals surface area contributed by atoms with Gasteiger partial charge in [0.05, 0.1) is 0 Å². The summed E-state index contributed by atoms with van der Waals surface area (Å²) in [6.45, 7) is 0. The molecule has 0 aromatic heterocycles. The molecule has 0 N–H and O–H groups in total. The third-order valence-electron chi connectivity index (χ3n) is 21.4. The highest BCUT2D eigenvalue weighted by molar-refractivity contribution is 6.30. The fourth-order valence-electron chi connectivity index (χ4n) is 17.2. The zero-order valence-corrected chi connectivity index (χ0v) is 56.4. The maximum absolute atomic E-state index is 2.64. The van der Waals surface area contributed by atoms with Crippen LogP contribution in [0.5, 0.6) is 0 Å². The molecule has 1 aliphatic carbocycles. The minimum Gasteiger partial charge on any atom is -0.0622 e. The van der Waals surface area contributed by atoms with Gasteiger partial charge >= 0.3 is 0 Å². The molecular formula is C102H68. The molecule has 18 aromatic rings. The molecule has 0 atom stereocenters. The SMILES string of the molecule is c1ccc(-c2c3c(c(-c4ccccc4)c(-c4ccccc4)c2-c2ccccc2)Cc2c(c(-c4ccccc4)c4cc5c(-c6ccccc6)c6cc7c(-c8ccccc8)c(-c8ccccc8)c(-c8ccccc8)c(-c8ccccc8)c7cc6c(-c6ccccc6)c5cc4c2-c2ccccc2)C3)cc1. The Morgan fingerprint density at radius 3 is 0.441 bits per heavy atom. The topological polar surface area (TPSA) is 0 Å². The normalized spacial score (nSPS) is 11.8. The first-order valence-electron chi connectivity index (χ1n) is 35.7. The van der Waals surface area contributed by atoms with E-state index in [9.17, 15) is 0 Å². The molecule has 0 aliphatic heterocycles. The standard InChI is InChI=1S/C102H68/c1-13-37-67(38-14-1)91-79-61-81-82(62-80(79)92(68-39-15-2-16-40-68)84-64-88-87(63-83(84)91)95(71-45-21-5-22-46-71)99(75-53-29-9-30-54-75)100(76-55-31-10-32-56-76)96(88)72-47-23-6-24-48-72)94(70-43-19-4-20-44-70)86-66-90-89(65-85(86)93(81)69-41-17-3-18-42-69)97(73-49-25-7-26-50-73)101(77-57-33-11-34-58-77)102(78-59-35-12-36-60-78)98(90)74-51-27-8-28-52-74/h1-64H,65-66H2. The molecule has 19 rings (SSSR count). The summed E-state index contributed by atoms with van der Waals surface area (Å²) in [4.78, 5) is 0. The second-order valence-electron chi connectivity index (χ2n) is 27.0. The van der Waals surface area contributed by atoms with Gasteiger partial charge in [0.1, 0.15) is 0 Å². The van der Waals surface area contributed by atoms with Crippen molar-refractivity contribution in [1.82, 2.24) is 0 Å². The van der Waals surface area contributed by atoms with E-state index in [1.807, 2.05) is 0 Å². The Kier molecular flexibility index (Phi) is 15.2. The molecular weight excluding hydrogens is 1230 g/mol. The van der Waals surface area contributed by atoms with E-state index in [0.717, 1.165) is 0 Å². The summed E-state index contributed by atoms with van der Waals surface area (Å²) < 4.78 is 0. The molecule has 0 saturated carbocycles. The van der Waals surface area contributed by atoms with E-state index in [4.69, 9.17) is 0 Å². The fourth-order valence-corrected chi connectivity index (χ4v) is 17.2. The highest BCUT2D eigenvalue weighted by Gasteiger charge is 2.35. The minimum atomic E-state index is 0.701. The highest BCUT2D eigenvalue weighted by Crippen LogP contribution is 2.59. The van der Waals surface area contributed by atoms with Gasteiger partial charge in [0.2, 0.25) is 0 Å². The van der Waals surface area contributed by atoms with E-state index in [1.54, 1.807) is 0 Å². The summed E-state index contributed by atoms with van der Waals surface area (Å²) in [5, 5.41) is 9.66. The molecule has 0 radical (unpaired) electrons. The van der Waals surface area contributed by atoms with Crippen LogP contribution in [-0.2, 0) is 12.8 Å². The summed E-state index contributed by atoms with van der Waals surface area (Å²) >= 11 is 0. The minimum absolute atomic E-state index is 0.701. The molecule has 0 heteroatoms. The molecule has 0 heterocycles. The smallest absolute Gasteiger partial charge is 0.000684 e. The van der Waals surface area contributed by atoms with Crippen LogP contribution in [0.2, 0.25) is 0 Å². The molecule has 0 amide bonds.